The van der Waals surface area contributed by atoms with Gasteiger partial charge in [-0.25, -0.2) is 0 Å². The van der Waals surface area contributed by atoms with Crippen molar-refractivity contribution >= 4 is 11.9 Å². The number of methoxy groups -OCH3 is 1. The molecule has 9 heteroatoms. The number of quaternary nitrogens is 1. The van der Waals surface area contributed by atoms with Crippen LogP contribution in [0.4, 0.5) is 8.78 Å². The lowest BCUT2D eigenvalue weighted by atomic mass is 9.98. The van der Waals surface area contributed by atoms with E-state index in [1.54, 1.807) is 19.1 Å². The number of amides is 1. The van der Waals surface area contributed by atoms with E-state index in [1.807, 2.05) is 0 Å². The van der Waals surface area contributed by atoms with Gasteiger partial charge in [0.25, 0.3) is 5.91 Å². The maximum absolute atomic E-state index is 12.4. The monoisotopic (exact) mass is 401 g/mol. The fourth-order valence-electron chi connectivity index (χ4n) is 3.28. The summed E-state index contributed by atoms with van der Waals surface area (Å²) in [5.74, 6) is -0.394. The van der Waals surface area contributed by atoms with Crippen LogP contribution in [0.2, 0.25) is 0 Å². The Hall–Kier alpha value is -2.42. The molecule has 0 spiro atoms. The van der Waals surface area contributed by atoms with Gasteiger partial charge in [0.1, 0.15) is 5.92 Å². The van der Waals surface area contributed by atoms with Gasteiger partial charge in [-0.2, -0.15) is 8.78 Å². The second kappa shape index (κ2) is 10.8. The predicted molar refractivity (Wildman–Crippen MR) is 96.4 cm³/mol. The van der Waals surface area contributed by atoms with Gasteiger partial charge in [-0.15, -0.1) is 0 Å². The minimum absolute atomic E-state index is 0.0599. The van der Waals surface area contributed by atoms with Crippen molar-refractivity contribution < 1.29 is 37.5 Å². The van der Waals surface area contributed by atoms with Crippen molar-refractivity contribution in [2.45, 2.75) is 32.9 Å². The highest BCUT2D eigenvalue weighted by Gasteiger charge is 2.30. The Kier molecular flexibility index (Phi) is 8.43. The average molecular weight is 401 g/mol. The van der Waals surface area contributed by atoms with Gasteiger partial charge >= 0.3 is 12.6 Å². The second-order valence-electron chi connectivity index (χ2n) is 6.61. The van der Waals surface area contributed by atoms with Crippen LogP contribution in [0, 0.1) is 5.92 Å². The van der Waals surface area contributed by atoms with Crippen molar-refractivity contribution in [3.05, 3.63) is 23.8 Å². The fourth-order valence-corrected chi connectivity index (χ4v) is 3.28. The van der Waals surface area contributed by atoms with E-state index in [0.717, 1.165) is 24.3 Å². The number of alkyl halides is 2. The molecular weight excluding hydrogens is 374 g/mol. The lowest BCUT2D eigenvalue weighted by Crippen LogP contribution is -3.14. The fraction of sp³-hybridized carbons (Fsp3) is 0.579. The highest BCUT2D eigenvalue weighted by molar-refractivity contribution is 5.77. The standard InChI is InChI=1S/C19H26F2N2O5/c1-3-27-18(25)14-5-4-8-23(11-14)12-17(24)22-10-13-6-7-15(28-19(20)21)16(9-13)26-2/h6-7,9,14,19H,3-5,8,10-12H2,1-2H3,(H,22,24)/p+1/t14-/m0/s1. The van der Waals surface area contributed by atoms with E-state index in [-0.39, 0.29) is 42.4 Å². The quantitative estimate of drug-likeness (QED) is 0.598. The number of hydrogen-bond acceptors (Lipinski definition) is 5. The topological polar surface area (TPSA) is 78.3 Å². The molecule has 1 aliphatic rings. The number of ether oxygens (including phenoxy) is 3. The van der Waals surface area contributed by atoms with Gasteiger partial charge in [0, 0.05) is 6.54 Å². The van der Waals surface area contributed by atoms with Gasteiger partial charge in [0.05, 0.1) is 26.8 Å². The number of halogens is 2. The van der Waals surface area contributed by atoms with E-state index in [9.17, 15) is 18.4 Å². The van der Waals surface area contributed by atoms with Crippen LogP contribution in [0.5, 0.6) is 11.5 Å². The molecule has 1 heterocycles. The summed E-state index contributed by atoms with van der Waals surface area (Å²) in [5.41, 5.74) is 0.699. The summed E-state index contributed by atoms with van der Waals surface area (Å²) < 4.78 is 39.2. The molecule has 1 saturated heterocycles. The average Bonchev–Trinajstić information content (AvgIpc) is 2.67. The lowest BCUT2D eigenvalue weighted by molar-refractivity contribution is -0.899. The zero-order valence-corrected chi connectivity index (χ0v) is 16.1. The summed E-state index contributed by atoms with van der Waals surface area (Å²) in [5, 5.41) is 2.81. The Labute approximate surface area is 162 Å². The molecule has 1 aromatic rings. The molecule has 7 nitrogen and oxygen atoms in total. The van der Waals surface area contributed by atoms with E-state index in [1.165, 1.54) is 13.2 Å². The summed E-state index contributed by atoms with van der Waals surface area (Å²) in [7, 11) is 1.36. The van der Waals surface area contributed by atoms with Crippen LogP contribution in [-0.2, 0) is 20.9 Å². The Morgan fingerprint density at radius 1 is 1.32 bits per heavy atom. The number of likely N-dealkylation sites (tertiary alicyclic amines) is 1. The summed E-state index contributed by atoms with van der Waals surface area (Å²) in [6.07, 6.45) is 1.66. The molecule has 0 aromatic heterocycles. The Morgan fingerprint density at radius 2 is 2.11 bits per heavy atom. The van der Waals surface area contributed by atoms with Crippen molar-refractivity contribution in [2.75, 3.05) is 33.4 Å². The first-order chi connectivity index (χ1) is 13.4. The van der Waals surface area contributed by atoms with Gasteiger partial charge in [0.15, 0.2) is 18.0 Å². The second-order valence-corrected chi connectivity index (χ2v) is 6.61. The van der Waals surface area contributed by atoms with Gasteiger partial charge in [-0.05, 0) is 37.5 Å². The number of esters is 1. The van der Waals surface area contributed by atoms with Crippen LogP contribution in [0.15, 0.2) is 18.2 Å². The number of nitrogens with one attached hydrogen (secondary N) is 2. The van der Waals surface area contributed by atoms with Gasteiger partial charge in [-0.1, -0.05) is 6.07 Å². The molecule has 0 bridgehead atoms. The first-order valence-corrected chi connectivity index (χ1v) is 9.31. The molecule has 1 aromatic carbocycles. The minimum Gasteiger partial charge on any atom is -0.493 e. The van der Waals surface area contributed by atoms with E-state index in [4.69, 9.17) is 9.47 Å². The van der Waals surface area contributed by atoms with E-state index >= 15 is 0 Å². The first kappa shape index (κ1) is 21.9. The van der Waals surface area contributed by atoms with Crippen LogP contribution in [0.3, 0.4) is 0 Å². The zero-order chi connectivity index (χ0) is 20.5. The third kappa shape index (κ3) is 6.63. The summed E-state index contributed by atoms with van der Waals surface area (Å²) in [4.78, 5) is 25.2. The molecule has 1 unspecified atom stereocenters. The summed E-state index contributed by atoms with van der Waals surface area (Å²) in [6, 6.07) is 4.51. The molecule has 28 heavy (non-hydrogen) atoms. The normalized spacial score (nSPS) is 19.2. The summed E-state index contributed by atoms with van der Waals surface area (Å²) in [6.45, 7) is 1.11. The first-order valence-electron chi connectivity index (χ1n) is 9.31. The van der Waals surface area contributed by atoms with E-state index in [2.05, 4.69) is 10.1 Å². The molecule has 1 amide bonds. The predicted octanol–water partition coefficient (Wildman–Crippen LogP) is 0.771. The Balaban J connectivity index is 1.84. The smallest absolute Gasteiger partial charge is 0.387 e. The van der Waals surface area contributed by atoms with Crippen LogP contribution < -0.4 is 19.7 Å². The molecule has 2 rings (SSSR count). The van der Waals surface area contributed by atoms with Crippen molar-refractivity contribution in [1.82, 2.24) is 5.32 Å². The molecular formula is C19H27F2N2O5+. The molecule has 0 aliphatic carbocycles. The number of benzene rings is 1. The number of carbonyl (C=O) groups excluding carboxylic acids is 2. The third-order valence-corrected chi connectivity index (χ3v) is 4.58. The third-order valence-electron chi connectivity index (χ3n) is 4.58. The van der Waals surface area contributed by atoms with Gasteiger partial charge < -0.3 is 24.4 Å². The number of carbonyl (C=O) groups is 2. The Morgan fingerprint density at radius 3 is 2.79 bits per heavy atom. The molecule has 156 valence electrons. The molecule has 1 fully saturated rings. The molecule has 2 atom stereocenters. The van der Waals surface area contributed by atoms with Crippen molar-refractivity contribution in [1.29, 1.82) is 0 Å². The highest BCUT2D eigenvalue weighted by Crippen LogP contribution is 2.29. The van der Waals surface area contributed by atoms with Gasteiger partial charge in [-0.3, -0.25) is 9.59 Å². The number of hydrogen-bond donors (Lipinski definition) is 2. The molecule has 0 saturated carbocycles. The summed E-state index contributed by atoms with van der Waals surface area (Å²) >= 11 is 0. The van der Waals surface area contributed by atoms with Crippen molar-refractivity contribution in [3.8, 4) is 11.5 Å². The minimum atomic E-state index is -2.94. The van der Waals surface area contributed by atoms with Crippen LogP contribution >= 0.6 is 0 Å². The van der Waals surface area contributed by atoms with Crippen molar-refractivity contribution in [3.63, 3.8) is 0 Å². The van der Waals surface area contributed by atoms with Gasteiger partial charge in [0.2, 0.25) is 0 Å². The van der Waals surface area contributed by atoms with E-state index < -0.39 is 6.61 Å². The van der Waals surface area contributed by atoms with Crippen LogP contribution in [-0.4, -0.2) is 51.8 Å². The Bertz CT molecular complexity index is 672. The largest absolute Gasteiger partial charge is 0.493 e. The number of rotatable bonds is 9. The van der Waals surface area contributed by atoms with Crippen LogP contribution in [0.1, 0.15) is 25.3 Å². The van der Waals surface area contributed by atoms with Crippen molar-refractivity contribution in [2.24, 2.45) is 5.92 Å². The SMILES string of the molecule is CCOC(=O)[C@H]1CCC[NH+](CC(=O)NCc2ccc(OC(F)F)c(OC)c2)C1. The van der Waals surface area contributed by atoms with E-state index in [0.29, 0.717) is 18.7 Å². The zero-order valence-electron chi connectivity index (χ0n) is 16.1. The molecule has 0 radical (unpaired) electrons. The molecule has 2 N–H and O–H groups in total. The van der Waals surface area contributed by atoms with Crippen LogP contribution in [0.25, 0.3) is 0 Å². The maximum atomic E-state index is 12.4. The number of piperidine rings is 1. The maximum Gasteiger partial charge on any atom is 0.387 e. The lowest BCUT2D eigenvalue weighted by Gasteiger charge is -2.28. The molecule has 1 aliphatic heterocycles. The highest BCUT2D eigenvalue weighted by atomic mass is 19.3.